The van der Waals surface area contributed by atoms with Crippen LogP contribution in [0, 0.1) is 0 Å². The number of carbonyl (C=O) groups excluding carboxylic acids is 2. The summed E-state index contributed by atoms with van der Waals surface area (Å²) < 4.78 is 5.78. The van der Waals surface area contributed by atoms with Crippen molar-refractivity contribution in [2.24, 2.45) is 0 Å². The van der Waals surface area contributed by atoms with Gasteiger partial charge in [0.05, 0.1) is 5.56 Å². The van der Waals surface area contributed by atoms with Gasteiger partial charge in [0, 0.05) is 28.4 Å². The van der Waals surface area contributed by atoms with Crippen molar-refractivity contribution in [2.45, 2.75) is 19.6 Å². The van der Waals surface area contributed by atoms with Crippen LogP contribution in [0.15, 0.2) is 47.2 Å². The molecule has 120 valence electrons. The van der Waals surface area contributed by atoms with Crippen LogP contribution in [-0.4, -0.2) is 23.0 Å². The molecule has 1 unspecified atom stereocenters. The molecule has 0 saturated carbocycles. The summed E-state index contributed by atoms with van der Waals surface area (Å²) in [6.07, 6.45) is 2.00. The van der Waals surface area contributed by atoms with Gasteiger partial charge < -0.3 is 10.1 Å². The number of carbonyl (C=O) groups is 2. The Hall–Kier alpha value is -1.92. The molecule has 1 atom stereocenters. The van der Waals surface area contributed by atoms with E-state index in [1.54, 1.807) is 18.3 Å². The molecule has 1 heterocycles. The molecule has 1 amide bonds. The average molecular weight is 398 g/mol. The maximum absolute atomic E-state index is 12.0. The Bertz CT molecular complexity index is 724. The first-order chi connectivity index (χ1) is 11.0. The molecule has 2 rings (SSSR count). The van der Waals surface area contributed by atoms with Crippen LogP contribution < -0.4 is 5.32 Å². The number of nitrogens with zero attached hydrogens (tertiary/aromatic N) is 1. The molecule has 0 aliphatic carbocycles. The van der Waals surface area contributed by atoms with E-state index in [1.807, 2.05) is 18.2 Å². The molecular formula is C16H14BrClN2O3. The number of aromatic nitrogens is 1. The SMILES string of the molecule is CC(OC(=O)c1cncc(Br)c1)C(=O)NCc1ccccc1Cl. The smallest absolute Gasteiger partial charge is 0.340 e. The van der Waals surface area contributed by atoms with E-state index < -0.39 is 18.0 Å². The van der Waals surface area contributed by atoms with Crippen LogP contribution in [0.3, 0.4) is 0 Å². The second-order valence-corrected chi connectivity index (χ2v) is 6.07. The van der Waals surface area contributed by atoms with Crippen molar-refractivity contribution in [1.29, 1.82) is 0 Å². The third kappa shape index (κ3) is 5.04. The summed E-state index contributed by atoms with van der Waals surface area (Å²) >= 11 is 9.24. The van der Waals surface area contributed by atoms with E-state index in [4.69, 9.17) is 16.3 Å². The minimum Gasteiger partial charge on any atom is -0.449 e. The van der Waals surface area contributed by atoms with Crippen LogP contribution >= 0.6 is 27.5 Å². The normalized spacial score (nSPS) is 11.6. The second kappa shape index (κ2) is 8.08. The van der Waals surface area contributed by atoms with Crippen molar-refractivity contribution in [1.82, 2.24) is 10.3 Å². The highest BCUT2D eigenvalue weighted by Gasteiger charge is 2.19. The lowest BCUT2D eigenvalue weighted by Crippen LogP contribution is -2.35. The Kier molecular flexibility index (Phi) is 6.12. The third-order valence-corrected chi connectivity index (χ3v) is 3.81. The van der Waals surface area contributed by atoms with Crippen LogP contribution in [0.4, 0.5) is 0 Å². The van der Waals surface area contributed by atoms with E-state index in [2.05, 4.69) is 26.2 Å². The van der Waals surface area contributed by atoms with Gasteiger partial charge in [-0.25, -0.2) is 4.79 Å². The Labute approximate surface area is 147 Å². The van der Waals surface area contributed by atoms with Crippen LogP contribution in [0.2, 0.25) is 5.02 Å². The first-order valence-electron chi connectivity index (χ1n) is 6.80. The predicted molar refractivity (Wildman–Crippen MR) is 90.1 cm³/mol. The number of esters is 1. The van der Waals surface area contributed by atoms with Crippen molar-refractivity contribution >= 4 is 39.4 Å². The molecule has 0 bridgehead atoms. The van der Waals surface area contributed by atoms with Crippen molar-refractivity contribution in [3.05, 3.63) is 63.3 Å². The zero-order valence-electron chi connectivity index (χ0n) is 12.3. The van der Waals surface area contributed by atoms with Gasteiger partial charge in [-0.3, -0.25) is 9.78 Å². The van der Waals surface area contributed by atoms with Gasteiger partial charge >= 0.3 is 5.97 Å². The average Bonchev–Trinajstić information content (AvgIpc) is 2.53. The maximum Gasteiger partial charge on any atom is 0.340 e. The molecule has 0 spiro atoms. The second-order valence-electron chi connectivity index (χ2n) is 4.75. The molecule has 1 aromatic heterocycles. The Balaban J connectivity index is 1.90. The van der Waals surface area contributed by atoms with Gasteiger partial charge in [-0.15, -0.1) is 0 Å². The fourth-order valence-corrected chi connectivity index (χ4v) is 2.34. The summed E-state index contributed by atoms with van der Waals surface area (Å²) in [4.78, 5) is 27.8. The first-order valence-corrected chi connectivity index (χ1v) is 7.97. The Morgan fingerprint density at radius 2 is 2.09 bits per heavy atom. The fourth-order valence-electron chi connectivity index (χ4n) is 1.77. The van der Waals surface area contributed by atoms with E-state index >= 15 is 0 Å². The number of amides is 1. The van der Waals surface area contributed by atoms with E-state index in [0.29, 0.717) is 9.50 Å². The fraction of sp³-hybridized carbons (Fsp3) is 0.188. The molecule has 0 aliphatic rings. The van der Waals surface area contributed by atoms with Crippen LogP contribution in [0.5, 0.6) is 0 Å². The summed E-state index contributed by atoms with van der Waals surface area (Å²) in [6, 6.07) is 8.77. The molecule has 5 nitrogen and oxygen atoms in total. The molecule has 2 aromatic rings. The van der Waals surface area contributed by atoms with E-state index in [-0.39, 0.29) is 12.1 Å². The summed E-state index contributed by atoms with van der Waals surface area (Å²) in [6.45, 7) is 1.77. The van der Waals surface area contributed by atoms with Gasteiger partial charge in [-0.05, 0) is 40.5 Å². The molecule has 0 saturated heterocycles. The Morgan fingerprint density at radius 3 is 2.78 bits per heavy atom. The van der Waals surface area contributed by atoms with Crippen LogP contribution in [0.1, 0.15) is 22.8 Å². The molecule has 23 heavy (non-hydrogen) atoms. The van der Waals surface area contributed by atoms with Gasteiger partial charge in [0.2, 0.25) is 0 Å². The number of hydrogen-bond acceptors (Lipinski definition) is 4. The number of benzene rings is 1. The van der Waals surface area contributed by atoms with Gasteiger partial charge in [0.25, 0.3) is 5.91 Å². The zero-order chi connectivity index (χ0) is 16.8. The molecule has 1 aromatic carbocycles. The zero-order valence-corrected chi connectivity index (χ0v) is 14.6. The molecular weight excluding hydrogens is 384 g/mol. The Morgan fingerprint density at radius 1 is 1.35 bits per heavy atom. The number of rotatable bonds is 5. The minimum atomic E-state index is -0.927. The van der Waals surface area contributed by atoms with Gasteiger partial charge in [0.1, 0.15) is 0 Å². The minimum absolute atomic E-state index is 0.263. The molecule has 7 heteroatoms. The lowest BCUT2D eigenvalue weighted by Gasteiger charge is -2.14. The maximum atomic E-state index is 12.0. The van der Waals surface area contributed by atoms with E-state index in [9.17, 15) is 9.59 Å². The van der Waals surface area contributed by atoms with Gasteiger partial charge in [-0.2, -0.15) is 0 Å². The topological polar surface area (TPSA) is 68.3 Å². The number of hydrogen-bond donors (Lipinski definition) is 1. The van der Waals surface area contributed by atoms with Crippen molar-refractivity contribution in [2.75, 3.05) is 0 Å². The highest BCUT2D eigenvalue weighted by atomic mass is 79.9. The van der Waals surface area contributed by atoms with Crippen LogP contribution in [0.25, 0.3) is 0 Å². The first kappa shape index (κ1) is 17.4. The quantitative estimate of drug-likeness (QED) is 0.786. The number of pyridine rings is 1. The largest absolute Gasteiger partial charge is 0.449 e. The molecule has 0 radical (unpaired) electrons. The number of nitrogens with one attached hydrogen (secondary N) is 1. The van der Waals surface area contributed by atoms with Gasteiger partial charge in [-0.1, -0.05) is 29.8 Å². The van der Waals surface area contributed by atoms with Crippen molar-refractivity contribution < 1.29 is 14.3 Å². The van der Waals surface area contributed by atoms with Crippen LogP contribution in [-0.2, 0) is 16.1 Å². The molecule has 0 fully saturated rings. The summed E-state index contributed by atoms with van der Waals surface area (Å²) in [5, 5.41) is 3.25. The highest BCUT2D eigenvalue weighted by Crippen LogP contribution is 2.14. The number of halogens is 2. The van der Waals surface area contributed by atoms with E-state index in [1.165, 1.54) is 13.1 Å². The lowest BCUT2D eigenvalue weighted by atomic mass is 10.2. The lowest BCUT2D eigenvalue weighted by molar-refractivity contribution is -0.129. The monoisotopic (exact) mass is 396 g/mol. The third-order valence-electron chi connectivity index (χ3n) is 3.00. The molecule has 0 aliphatic heterocycles. The molecule has 1 N–H and O–H groups in total. The van der Waals surface area contributed by atoms with Crippen molar-refractivity contribution in [3.8, 4) is 0 Å². The summed E-state index contributed by atoms with van der Waals surface area (Å²) in [7, 11) is 0. The van der Waals surface area contributed by atoms with E-state index in [0.717, 1.165) is 5.56 Å². The standard InChI is InChI=1S/C16H14BrClN2O3/c1-10(23-16(22)12-6-13(17)9-19-7-12)15(21)20-8-11-4-2-3-5-14(11)18/h2-7,9-10H,8H2,1H3,(H,20,21). The summed E-state index contributed by atoms with van der Waals surface area (Å²) in [5.41, 5.74) is 1.06. The number of ether oxygens (including phenoxy) is 1. The van der Waals surface area contributed by atoms with Crippen molar-refractivity contribution in [3.63, 3.8) is 0 Å². The predicted octanol–water partition coefficient (Wildman–Crippen LogP) is 3.36. The highest BCUT2D eigenvalue weighted by molar-refractivity contribution is 9.10. The summed E-state index contributed by atoms with van der Waals surface area (Å²) in [5.74, 6) is -1.01. The van der Waals surface area contributed by atoms with Gasteiger partial charge in [0.15, 0.2) is 6.10 Å².